The molecule has 1 atom stereocenters. The highest BCUT2D eigenvalue weighted by atomic mass is 35.5. The zero-order valence-electron chi connectivity index (χ0n) is 6.11. The molecule has 1 rings (SSSR count). The van der Waals surface area contributed by atoms with E-state index in [1.54, 1.807) is 0 Å². The van der Waals surface area contributed by atoms with Crippen molar-refractivity contribution in [2.75, 3.05) is 7.05 Å². The summed E-state index contributed by atoms with van der Waals surface area (Å²) in [5, 5.41) is 2.28. The largest absolute Gasteiger partial charge is 0.404 e. The molecule has 0 aromatic rings. The Kier molecular flexibility index (Phi) is 3.64. The first-order chi connectivity index (χ1) is 4.55. The van der Waals surface area contributed by atoms with Crippen molar-refractivity contribution in [1.29, 1.82) is 0 Å². The Hall–Kier alpha value is 0.0400. The van der Waals surface area contributed by atoms with Gasteiger partial charge in [-0.25, -0.2) is 0 Å². The monoisotopic (exact) mass is 189 g/mol. The lowest BCUT2D eigenvalue weighted by atomic mass is 10.2. The molecule has 1 nitrogen and oxygen atoms in total. The van der Waals surface area contributed by atoms with Crippen molar-refractivity contribution >= 4 is 12.4 Å². The van der Waals surface area contributed by atoms with Crippen LogP contribution in [-0.4, -0.2) is 19.3 Å². The Morgan fingerprint density at radius 2 is 1.82 bits per heavy atom. The van der Waals surface area contributed by atoms with Crippen LogP contribution in [0.3, 0.4) is 0 Å². The molecule has 0 saturated heterocycles. The first kappa shape index (κ1) is 11.0. The molecule has 1 fully saturated rings. The molecule has 1 unspecified atom stereocenters. The summed E-state index contributed by atoms with van der Waals surface area (Å²) >= 11 is 0. The van der Waals surface area contributed by atoms with Gasteiger partial charge in [0.15, 0.2) is 0 Å². The van der Waals surface area contributed by atoms with E-state index in [4.69, 9.17) is 0 Å². The summed E-state index contributed by atoms with van der Waals surface area (Å²) in [5.41, 5.74) is 0. The minimum absolute atomic E-state index is 0. The van der Waals surface area contributed by atoms with Crippen molar-refractivity contribution in [1.82, 2.24) is 5.32 Å². The highest BCUT2D eigenvalue weighted by Gasteiger charge is 2.47. The molecule has 0 radical (unpaired) electrons. The minimum atomic E-state index is -4.06. The lowest BCUT2D eigenvalue weighted by Gasteiger charge is -2.18. The third-order valence-electron chi connectivity index (χ3n) is 1.76. The van der Waals surface area contributed by atoms with Crippen molar-refractivity contribution < 1.29 is 13.2 Å². The lowest BCUT2D eigenvalue weighted by Crippen LogP contribution is -2.41. The smallest absolute Gasteiger partial charge is 0.309 e. The van der Waals surface area contributed by atoms with E-state index >= 15 is 0 Å². The van der Waals surface area contributed by atoms with Crippen LogP contribution in [0.1, 0.15) is 12.8 Å². The van der Waals surface area contributed by atoms with Crippen molar-refractivity contribution in [2.24, 2.45) is 5.92 Å². The van der Waals surface area contributed by atoms with Crippen LogP contribution < -0.4 is 5.32 Å². The highest BCUT2D eigenvalue weighted by Crippen LogP contribution is 2.39. The summed E-state index contributed by atoms with van der Waals surface area (Å²) in [7, 11) is 1.36. The van der Waals surface area contributed by atoms with Crippen LogP contribution >= 0.6 is 12.4 Å². The summed E-state index contributed by atoms with van der Waals surface area (Å²) in [4.78, 5) is 0. The van der Waals surface area contributed by atoms with Crippen LogP contribution in [-0.2, 0) is 0 Å². The average molecular weight is 190 g/mol. The van der Waals surface area contributed by atoms with Crippen molar-refractivity contribution in [3.63, 3.8) is 0 Å². The van der Waals surface area contributed by atoms with E-state index in [2.05, 4.69) is 5.32 Å². The molecule has 11 heavy (non-hydrogen) atoms. The van der Waals surface area contributed by atoms with Crippen molar-refractivity contribution in [3.8, 4) is 0 Å². The number of rotatable bonds is 2. The molecule has 0 amide bonds. The molecule has 1 aliphatic carbocycles. The Morgan fingerprint density at radius 3 is 1.91 bits per heavy atom. The Bertz CT molecular complexity index is 121. The number of halogens is 4. The third-order valence-corrected chi connectivity index (χ3v) is 1.76. The summed E-state index contributed by atoms with van der Waals surface area (Å²) in [6.45, 7) is 0. The summed E-state index contributed by atoms with van der Waals surface area (Å²) in [6.07, 6.45) is -2.63. The lowest BCUT2D eigenvalue weighted by molar-refractivity contribution is -0.159. The van der Waals surface area contributed by atoms with Gasteiger partial charge in [-0.2, -0.15) is 13.2 Å². The van der Waals surface area contributed by atoms with E-state index < -0.39 is 12.2 Å². The maximum atomic E-state index is 11.9. The van der Waals surface area contributed by atoms with Crippen LogP contribution in [0, 0.1) is 5.92 Å². The second-order valence-electron chi connectivity index (χ2n) is 2.65. The van der Waals surface area contributed by atoms with Gasteiger partial charge in [0.05, 0.1) is 0 Å². The molecule has 1 saturated carbocycles. The van der Waals surface area contributed by atoms with Gasteiger partial charge in [-0.1, -0.05) is 0 Å². The first-order valence-corrected chi connectivity index (χ1v) is 3.29. The second-order valence-corrected chi connectivity index (χ2v) is 2.65. The van der Waals surface area contributed by atoms with Gasteiger partial charge < -0.3 is 5.32 Å². The van der Waals surface area contributed by atoms with Crippen LogP contribution in [0.15, 0.2) is 0 Å². The topological polar surface area (TPSA) is 12.0 Å². The standard InChI is InChI=1S/C6H10F3N.ClH/c1-10-5(4-2-3-4)6(7,8)9;/h4-5,10H,2-3H2,1H3;1H. The average Bonchev–Trinajstić information content (AvgIpc) is 2.46. The Balaban J connectivity index is 0.000001000. The van der Waals surface area contributed by atoms with Crippen molar-refractivity contribution in [3.05, 3.63) is 0 Å². The summed E-state index contributed by atoms with van der Waals surface area (Å²) in [5.74, 6) is -0.162. The van der Waals surface area contributed by atoms with E-state index in [0.29, 0.717) is 12.8 Å². The van der Waals surface area contributed by atoms with E-state index in [9.17, 15) is 13.2 Å². The molecular formula is C6H11ClF3N. The van der Waals surface area contributed by atoms with Gasteiger partial charge in [0.2, 0.25) is 0 Å². The van der Waals surface area contributed by atoms with E-state index in [0.717, 1.165) is 0 Å². The molecule has 68 valence electrons. The van der Waals surface area contributed by atoms with Gasteiger partial charge >= 0.3 is 6.18 Å². The minimum Gasteiger partial charge on any atom is -0.309 e. The predicted octanol–water partition coefficient (Wildman–Crippen LogP) is 1.97. The quantitative estimate of drug-likeness (QED) is 0.701. The molecule has 5 heteroatoms. The maximum absolute atomic E-state index is 11.9. The van der Waals surface area contributed by atoms with Crippen LogP contribution in [0.5, 0.6) is 0 Å². The molecule has 1 N–H and O–H groups in total. The molecule has 0 heterocycles. The Morgan fingerprint density at radius 1 is 1.36 bits per heavy atom. The summed E-state index contributed by atoms with van der Waals surface area (Å²) < 4.78 is 35.8. The first-order valence-electron chi connectivity index (χ1n) is 3.29. The highest BCUT2D eigenvalue weighted by molar-refractivity contribution is 5.85. The molecule has 0 spiro atoms. The molecule has 1 aliphatic rings. The summed E-state index contributed by atoms with van der Waals surface area (Å²) in [6, 6.07) is -1.27. The fourth-order valence-electron chi connectivity index (χ4n) is 1.10. The number of hydrogen-bond donors (Lipinski definition) is 1. The van der Waals surface area contributed by atoms with Gasteiger partial charge in [-0.3, -0.25) is 0 Å². The number of alkyl halides is 3. The van der Waals surface area contributed by atoms with Gasteiger partial charge in [0, 0.05) is 0 Å². The molecule has 0 aromatic heterocycles. The van der Waals surface area contributed by atoms with Gasteiger partial charge in [-0.05, 0) is 25.8 Å². The second kappa shape index (κ2) is 3.63. The van der Waals surface area contributed by atoms with Crippen LogP contribution in [0.2, 0.25) is 0 Å². The van der Waals surface area contributed by atoms with E-state index in [1.807, 2.05) is 0 Å². The number of hydrogen-bond acceptors (Lipinski definition) is 1. The maximum Gasteiger partial charge on any atom is 0.404 e. The van der Waals surface area contributed by atoms with E-state index in [1.165, 1.54) is 7.05 Å². The van der Waals surface area contributed by atoms with Crippen LogP contribution in [0.4, 0.5) is 13.2 Å². The van der Waals surface area contributed by atoms with Gasteiger partial charge in [-0.15, -0.1) is 12.4 Å². The zero-order chi connectivity index (χ0) is 7.78. The SMILES string of the molecule is CNC(C1CC1)C(F)(F)F.Cl. The van der Waals surface area contributed by atoms with Crippen LogP contribution in [0.25, 0.3) is 0 Å². The molecule has 0 bridgehead atoms. The molecular weight excluding hydrogens is 179 g/mol. The number of nitrogens with one attached hydrogen (secondary N) is 1. The zero-order valence-corrected chi connectivity index (χ0v) is 6.93. The predicted molar refractivity (Wildman–Crippen MR) is 38.9 cm³/mol. The van der Waals surface area contributed by atoms with E-state index in [-0.39, 0.29) is 18.3 Å². The fraction of sp³-hybridized carbons (Fsp3) is 1.00. The molecule has 0 aromatic carbocycles. The Labute approximate surface area is 69.8 Å². The normalized spacial score (nSPS) is 20.7. The third kappa shape index (κ3) is 2.87. The van der Waals surface area contributed by atoms with Gasteiger partial charge in [0.25, 0.3) is 0 Å². The fourth-order valence-corrected chi connectivity index (χ4v) is 1.10. The molecule has 0 aliphatic heterocycles. The van der Waals surface area contributed by atoms with Crippen molar-refractivity contribution in [2.45, 2.75) is 25.1 Å². The van der Waals surface area contributed by atoms with Gasteiger partial charge in [0.1, 0.15) is 6.04 Å².